The van der Waals surface area contributed by atoms with Crippen LogP contribution in [0.2, 0.25) is 4.34 Å². The van der Waals surface area contributed by atoms with Crippen LogP contribution in [0.4, 0.5) is 5.69 Å². The zero-order valence-electron chi connectivity index (χ0n) is 11.5. The maximum atomic E-state index is 12.0. The molecule has 0 saturated carbocycles. The summed E-state index contributed by atoms with van der Waals surface area (Å²) in [6.07, 6.45) is 1.15. The maximum Gasteiger partial charge on any atom is 0.232 e. The molecule has 112 valence electrons. The fourth-order valence-corrected chi connectivity index (χ4v) is 3.88. The Morgan fingerprint density at radius 3 is 2.24 bits per heavy atom. The summed E-state index contributed by atoms with van der Waals surface area (Å²) in [5, 5.41) is 0. The second-order valence-corrected chi connectivity index (χ2v) is 8.28. The summed E-state index contributed by atoms with van der Waals surface area (Å²) in [4.78, 5) is 12.1. The van der Waals surface area contributed by atoms with Crippen LogP contribution in [0.3, 0.4) is 0 Å². The van der Waals surface area contributed by atoms with Crippen molar-refractivity contribution in [1.82, 2.24) is 0 Å². The zero-order valence-corrected chi connectivity index (χ0v) is 13.9. The van der Waals surface area contributed by atoms with E-state index in [2.05, 4.69) is 0 Å². The number of ketones is 1. The Bertz CT molecular complexity index is 751. The topological polar surface area (TPSA) is 54.5 Å². The Labute approximate surface area is 133 Å². The van der Waals surface area contributed by atoms with Gasteiger partial charge in [0.25, 0.3) is 0 Å². The maximum absolute atomic E-state index is 12.0. The van der Waals surface area contributed by atoms with Gasteiger partial charge in [0.05, 0.1) is 22.8 Å². The van der Waals surface area contributed by atoms with E-state index >= 15 is 0 Å². The first-order chi connectivity index (χ1) is 9.77. The number of benzene rings is 1. The van der Waals surface area contributed by atoms with Crippen molar-refractivity contribution in [3.05, 3.63) is 51.2 Å². The number of hydrogen-bond donors (Lipinski definition) is 0. The molecule has 1 aromatic heterocycles. The Hall–Kier alpha value is -1.37. The van der Waals surface area contributed by atoms with Gasteiger partial charge in [0.1, 0.15) is 0 Å². The van der Waals surface area contributed by atoms with E-state index in [1.807, 2.05) is 0 Å². The summed E-state index contributed by atoms with van der Waals surface area (Å²) in [7, 11) is -3.43. The van der Waals surface area contributed by atoms with Gasteiger partial charge in [0.2, 0.25) is 10.0 Å². The van der Waals surface area contributed by atoms with Crippen molar-refractivity contribution in [2.75, 3.05) is 10.6 Å². The molecule has 0 aliphatic heterocycles. The molecule has 0 bridgehead atoms. The van der Waals surface area contributed by atoms with Gasteiger partial charge in [-0.15, -0.1) is 11.3 Å². The molecule has 1 aromatic carbocycles. The van der Waals surface area contributed by atoms with Crippen molar-refractivity contribution in [2.45, 2.75) is 13.5 Å². The molecule has 0 spiro atoms. The van der Waals surface area contributed by atoms with Crippen LogP contribution in [0.15, 0.2) is 36.4 Å². The normalized spacial score (nSPS) is 11.4. The minimum atomic E-state index is -3.43. The molecule has 0 N–H and O–H groups in total. The van der Waals surface area contributed by atoms with Gasteiger partial charge in [-0.25, -0.2) is 8.42 Å². The van der Waals surface area contributed by atoms with Gasteiger partial charge in [-0.05, 0) is 43.3 Å². The SMILES string of the molecule is CC(=O)c1ccc(N(Cc2ccc(Cl)s2)S(C)(=O)=O)cc1. The molecular weight excluding hydrogens is 330 g/mol. The molecule has 0 fully saturated rings. The van der Waals surface area contributed by atoms with E-state index in [0.29, 0.717) is 15.6 Å². The van der Waals surface area contributed by atoms with E-state index in [4.69, 9.17) is 11.6 Å². The quantitative estimate of drug-likeness (QED) is 0.780. The van der Waals surface area contributed by atoms with Crippen LogP contribution in [0.25, 0.3) is 0 Å². The number of sulfonamides is 1. The molecule has 7 heteroatoms. The van der Waals surface area contributed by atoms with Gasteiger partial charge in [-0.2, -0.15) is 0 Å². The number of anilines is 1. The van der Waals surface area contributed by atoms with Crippen LogP contribution in [-0.4, -0.2) is 20.5 Å². The Kier molecular flexibility index (Phi) is 4.70. The van der Waals surface area contributed by atoms with E-state index in [1.54, 1.807) is 36.4 Å². The van der Waals surface area contributed by atoms with E-state index in [-0.39, 0.29) is 12.3 Å². The molecule has 0 atom stereocenters. The lowest BCUT2D eigenvalue weighted by Crippen LogP contribution is -2.28. The standard InChI is InChI=1S/C14H14ClNO3S2/c1-10(17)11-3-5-12(6-4-11)16(21(2,18)19)9-13-7-8-14(15)20-13/h3-8H,9H2,1-2H3. The molecule has 4 nitrogen and oxygen atoms in total. The second-order valence-electron chi connectivity index (χ2n) is 4.58. The molecule has 0 aliphatic carbocycles. The van der Waals surface area contributed by atoms with Crippen molar-refractivity contribution in [3.63, 3.8) is 0 Å². The lowest BCUT2D eigenvalue weighted by molar-refractivity contribution is 0.101. The molecule has 0 aliphatic rings. The molecule has 1 heterocycles. The summed E-state index contributed by atoms with van der Waals surface area (Å²) in [6, 6.07) is 10.0. The number of Topliss-reactive ketones (excluding diaryl/α,β-unsaturated/α-hetero) is 1. The fourth-order valence-electron chi connectivity index (χ4n) is 1.84. The van der Waals surface area contributed by atoms with Crippen molar-refractivity contribution < 1.29 is 13.2 Å². The minimum Gasteiger partial charge on any atom is -0.295 e. The number of hydrogen-bond acceptors (Lipinski definition) is 4. The Balaban J connectivity index is 2.34. The van der Waals surface area contributed by atoms with Gasteiger partial charge in [0.15, 0.2) is 5.78 Å². The van der Waals surface area contributed by atoms with Crippen LogP contribution >= 0.6 is 22.9 Å². The van der Waals surface area contributed by atoms with E-state index in [1.165, 1.54) is 22.6 Å². The lowest BCUT2D eigenvalue weighted by atomic mass is 10.1. The third kappa shape index (κ3) is 4.06. The molecule has 0 radical (unpaired) electrons. The lowest BCUT2D eigenvalue weighted by Gasteiger charge is -2.21. The zero-order chi connectivity index (χ0) is 15.6. The number of carbonyl (C=O) groups is 1. The highest BCUT2D eigenvalue weighted by Crippen LogP contribution is 2.26. The summed E-state index contributed by atoms with van der Waals surface area (Å²) < 4.78 is 25.9. The first-order valence-electron chi connectivity index (χ1n) is 6.10. The molecule has 2 rings (SSSR count). The molecule has 0 unspecified atom stereocenters. The average molecular weight is 344 g/mol. The third-order valence-corrected chi connectivity index (χ3v) is 5.25. The minimum absolute atomic E-state index is 0.0579. The van der Waals surface area contributed by atoms with Crippen LogP contribution in [0.5, 0.6) is 0 Å². The number of halogens is 1. The second kappa shape index (κ2) is 6.17. The molecule has 21 heavy (non-hydrogen) atoms. The van der Waals surface area contributed by atoms with Crippen LogP contribution in [0.1, 0.15) is 22.2 Å². The van der Waals surface area contributed by atoms with Crippen LogP contribution in [0, 0.1) is 0 Å². The molecular formula is C14H14ClNO3S2. The first-order valence-corrected chi connectivity index (χ1v) is 9.14. The average Bonchev–Trinajstić information content (AvgIpc) is 2.80. The summed E-state index contributed by atoms with van der Waals surface area (Å²) in [5.74, 6) is -0.0579. The highest BCUT2D eigenvalue weighted by atomic mass is 35.5. The van der Waals surface area contributed by atoms with Gasteiger partial charge in [0, 0.05) is 10.4 Å². The smallest absolute Gasteiger partial charge is 0.232 e. The summed E-state index contributed by atoms with van der Waals surface area (Å²) in [6.45, 7) is 1.69. The van der Waals surface area contributed by atoms with Gasteiger partial charge < -0.3 is 0 Å². The van der Waals surface area contributed by atoms with Crippen molar-refractivity contribution >= 4 is 44.4 Å². The van der Waals surface area contributed by atoms with Gasteiger partial charge in [-0.3, -0.25) is 9.10 Å². The fraction of sp³-hybridized carbons (Fsp3) is 0.214. The van der Waals surface area contributed by atoms with Crippen molar-refractivity contribution in [1.29, 1.82) is 0 Å². The van der Waals surface area contributed by atoms with Crippen molar-refractivity contribution in [2.24, 2.45) is 0 Å². The predicted molar refractivity (Wildman–Crippen MR) is 86.8 cm³/mol. The number of carbonyl (C=O) groups excluding carboxylic acids is 1. The van der Waals surface area contributed by atoms with Crippen LogP contribution < -0.4 is 4.31 Å². The number of rotatable bonds is 5. The Morgan fingerprint density at radius 2 is 1.81 bits per heavy atom. The largest absolute Gasteiger partial charge is 0.295 e. The van der Waals surface area contributed by atoms with E-state index < -0.39 is 10.0 Å². The van der Waals surface area contributed by atoms with E-state index in [9.17, 15) is 13.2 Å². The molecule has 0 saturated heterocycles. The highest BCUT2D eigenvalue weighted by Gasteiger charge is 2.19. The third-order valence-electron chi connectivity index (χ3n) is 2.89. The number of thiophene rings is 1. The monoisotopic (exact) mass is 343 g/mol. The first kappa shape index (κ1) is 16.0. The highest BCUT2D eigenvalue weighted by molar-refractivity contribution is 7.92. The summed E-state index contributed by atoms with van der Waals surface area (Å²) in [5.41, 5.74) is 1.07. The van der Waals surface area contributed by atoms with Crippen LogP contribution in [-0.2, 0) is 16.6 Å². The molecule has 0 amide bonds. The van der Waals surface area contributed by atoms with Gasteiger partial charge >= 0.3 is 0 Å². The van der Waals surface area contributed by atoms with E-state index in [0.717, 1.165) is 11.1 Å². The predicted octanol–water partition coefficient (Wildman–Crippen LogP) is 3.57. The molecule has 2 aromatic rings. The number of nitrogens with zero attached hydrogens (tertiary/aromatic N) is 1. The van der Waals surface area contributed by atoms with Gasteiger partial charge in [-0.1, -0.05) is 11.6 Å². The Morgan fingerprint density at radius 1 is 1.19 bits per heavy atom. The summed E-state index contributed by atoms with van der Waals surface area (Å²) >= 11 is 7.21. The van der Waals surface area contributed by atoms with Crippen molar-refractivity contribution in [3.8, 4) is 0 Å².